The van der Waals surface area contributed by atoms with Gasteiger partial charge >= 0.3 is 0 Å². The maximum Gasteiger partial charge on any atom is 0.255 e. The van der Waals surface area contributed by atoms with Gasteiger partial charge in [-0.05, 0) is 17.0 Å². The molecule has 2 N–H and O–H groups in total. The Kier molecular flexibility index (Phi) is 3.92. The smallest absolute Gasteiger partial charge is 0.255 e. The summed E-state index contributed by atoms with van der Waals surface area (Å²) in [6.07, 6.45) is 3.21. The van der Waals surface area contributed by atoms with Crippen LogP contribution in [-0.4, -0.2) is 19.9 Å². The van der Waals surface area contributed by atoms with E-state index in [0.29, 0.717) is 23.7 Å². The third-order valence-electron chi connectivity index (χ3n) is 3.94. The van der Waals surface area contributed by atoms with E-state index in [-0.39, 0.29) is 5.56 Å². The molecule has 6 heteroatoms. The monoisotopic (exact) mass is 329 g/mol. The van der Waals surface area contributed by atoms with Gasteiger partial charge in [-0.2, -0.15) is 4.98 Å². The fourth-order valence-corrected chi connectivity index (χ4v) is 2.70. The molecule has 0 fully saturated rings. The molecule has 0 saturated carbocycles. The van der Waals surface area contributed by atoms with E-state index >= 15 is 0 Å². The molecule has 2 heterocycles. The van der Waals surface area contributed by atoms with Gasteiger partial charge in [0.15, 0.2) is 5.82 Å². The van der Waals surface area contributed by atoms with Gasteiger partial charge in [-0.15, -0.1) is 0 Å². The molecule has 0 saturated heterocycles. The predicted molar refractivity (Wildman–Crippen MR) is 97.2 cm³/mol. The van der Waals surface area contributed by atoms with Crippen molar-refractivity contribution in [3.8, 4) is 11.4 Å². The van der Waals surface area contributed by atoms with Gasteiger partial charge in [0, 0.05) is 23.7 Å². The quantitative estimate of drug-likeness (QED) is 0.601. The van der Waals surface area contributed by atoms with Crippen LogP contribution in [0.4, 0.5) is 5.95 Å². The Bertz CT molecular complexity index is 1080. The number of pyridine rings is 1. The molecule has 0 bridgehead atoms. The number of aromatic amines is 1. The number of rotatable bonds is 4. The highest BCUT2D eigenvalue weighted by molar-refractivity contribution is 5.84. The second kappa shape index (κ2) is 6.52. The Morgan fingerprint density at radius 1 is 0.920 bits per heavy atom. The van der Waals surface area contributed by atoms with Crippen molar-refractivity contribution in [2.75, 3.05) is 5.32 Å². The van der Waals surface area contributed by atoms with E-state index in [9.17, 15) is 4.79 Å². The number of nitrogens with zero attached hydrogens (tertiary/aromatic N) is 3. The molecule has 6 nitrogen and oxygen atoms in total. The largest absolute Gasteiger partial charge is 0.350 e. The molecule has 0 unspecified atom stereocenters. The summed E-state index contributed by atoms with van der Waals surface area (Å²) >= 11 is 0. The number of anilines is 1. The molecule has 4 rings (SSSR count). The minimum absolute atomic E-state index is 0.0918. The van der Waals surface area contributed by atoms with Gasteiger partial charge in [0.1, 0.15) is 6.33 Å². The number of fused-ring (bicyclic) bond motifs is 1. The van der Waals surface area contributed by atoms with Crippen LogP contribution in [0.15, 0.2) is 71.9 Å². The first-order chi connectivity index (χ1) is 12.3. The number of aromatic nitrogens is 4. The minimum atomic E-state index is -0.0918. The third-order valence-corrected chi connectivity index (χ3v) is 3.94. The molecule has 0 radical (unpaired) electrons. The van der Waals surface area contributed by atoms with Gasteiger partial charge in [-0.1, -0.05) is 48.5 Å². The van der Waals surface area contributed by atoms with Crippen molar-refractivity contribution in [2.24, 2.45) is 0 Å². The molecule has 0 spiro atoms. The molecule has 25 heavy (non-hydrogen) atoms. The van der Waals surface area contributed by atoms with E-state index in [1.54, 1.807) is 6.20 Å². The molecule has 0 aliphatic rings. The minimum Gasteiger partial charge on any atom is -0.350 e. The number of H-pyrrole nitrogens is 1. The van der Waals surface area contributed by atoms with Crippen LogP contribution in [0.1, 0.15) is 5.56 Å². The Morgan fingerprint density at radius 3 is 2.52 bits per heavy atom. The van der Waals surface area contributed by atoms with E-state index < -0.39 is 0 Å². The lowest BCUT2D eigenvalue weighted by Crippen LogP contribution is -2.10. The average molecular weight is 329 g/mol. The van der Waals surface area contributed by atoms with Gasteiger partial charge in [0.25, 0.3) is 5.56 Å². The van der Waals surface area contributed by atoms with Crippen molar-refractivity contribution in [1.82, 2.24) is 19.9 Å². The number of hydrogen-bond acceptors (Lipinski definition) is 5. The Labute approximate surface area is 143 Å². The summed E-state index contributed by atoms with van der Waals surface area (Å²) in [4.78, 5) is 27.5. The second-order valence-electron chi connectivity index (χ2n) is 5.54. The van der Waals surface area contributed by atoms with Crippen LogP contribution in [0.2, 0.25) is 0 Å². The van der Waals surface area contributed by atoms with Crippen molar-refractivity contribution < 1.29 is 0 Å². The first-order valence-electron chi connectivity index (χ1n) is 7.89. The summed E-state index contributed by atoms with van der Waals surface area (Å²) < 4.78 is 0. The molecule has 0 atom stereocenters. The van der Waals surface area contributed by atoms with E-state index in [0.717, 1.165) is 16.5 Å². The highest BCUT2D eigenvalue weighted by Crippen LogP contribution is 2.17. The lowest BCUT2D eigenvalue weighted by molar-refractivity contribution is 1.01. The van der Waals surface area contributed by atoms with Crippen LogP contribution >= 0.6 is 0 Å². The second-order valence-corrected chi connectivity index (χ2v) is 5.54. The van der Waals surface area contributed by atoms with Crippen LogP contribution in [0.5, 0.6) is 0 Å². The lowest BCUT2D eigenvalue weighted by Gasteiger charge is -2.08. The normalized spacial score (nSPS) is 10.7. The zero-order valence-electron chi connectivity index (χ0n) is 13.3. The molecular formula is C19H15N5O. The topological polar surface area (TPSA) is 83.6 Å². The predicted octanol–water partition coefficient (Wildman–Crippen LogP) is 2.99. The number of nitrogens with one attached hydrogen (secondary N) is 2. The van der Waals surface area contributed by atoms with Gasteiger partial charge in [-0.25, -0.2) is 9.97 Å². The molecule has 122 valence electrons. The highest BCUT2D eigenvalue weighted by Gasteiger charge is 2.06. The maximum absolute atomic E-state index is 11.9. The fraction of sp³-hybridized carbons (Fsp3) is 0.0526. The first kappa shape index (κ1) is 15.0. The van der Waals surface area contributed by atoms with E-state index in [2.05, 4.69) is 25.3 Å². The van der Waals surface area contributed by atoms with Crippen molar-refractivity contribution in [1.29, 1.82) is 0 Å². The summed E-state index contributed by atoms with van der Waals surface area (Å²) in [7, 11) is 0. The summed E-state index contributed by atoms with van der Waals surface area (Å²) in [5.74, 6) is 1.11. The molecule has 2 aromatic heterocycles. The van der Waals surface area contributed by atoms with Crippen molar-refractivity contribution in [3.05, 3.63) is 83.0 Å². The Hall–Kier alpha value is -3.54. The van der Waals surface area contributed by atoms with Gasteiger partial charge in [0.05, 0.1) is 0 Å². The fourth-order valence-electron chi connectivity index (χ4n) is 2.70. The summed E-state index contributed by atoms with van der Waals surface area (Å²) in [6, 6.07) is 17.3. The molecule has 2 aromatic carbocycles. The Morgan fingerprint density at radius 2 is 1.68 bits per heavy atom. The standard InChI is InChI=1S/C19H15N5O/c25-18-16-9-5-4-8-15(16)14(10-20-18)11-21-19-23-12-22-17(24-19)13-6-2-1-3-7-13/h1-10,12H,11H2,(H,20,25)(H,21,22,23,24). The SMILES string of the molecule is O=c1[nH]cc(CNc2ncnc(-c3ccccc3)n2)c2ccccc12. The molecular weight excluding hydrogens is 314 g/mol. The molecule has 4 aromatic rings. The molecule has 0 aliphatic heterocycles. The van der Waals surface area contributed by atoms with Crippen molar-refractivity contribution in [3.63, 3.8) is 0 Å². The maximum atomic E-state index is 11.9. The highest BCUT2D eigenvalue weighted by atomic mass is 16.1. The summed E-state index contributed by atoms with van der Waals surface area (Å²) in [6.45, 7) is 0.496. The van der Waals surface area contributed by atoms with Crippen LogP contribution in [0.3, 0.4) is 0 Å². The molecule has 0 aliphatic carbocycles. The third kappa shape index (κ3) is 3.10. The van der Waals surface area contributed by atoms with E-state index in [4.69, 9.17) is 0 Å². The van der Waals surface area contributed by atoms with Crippen molar-refractivity contribution >= 4 is 16.7 Å². The van der Waals surface area contributed by atoms with Crippen LogP contribution < -0.4 is 10.9 Å². The number of benzene rings is 2. The van der Waals surface area contributed by atoms with E-state index in [1.807, 2.05) is 54.6 Å². The van der Waals surface area contributed by atoms with Crippen LogP contribution in [0, 0.1) is 0 Å². The number of hydrogen-bond donors (Lipinski definition) is 2. The summed E-state index contributed by atoms with van der Waals surface area (Å²) in [5, 5.41) is 4.78. The van der Waals surface area contributed by atoms with Gasteiger partial charge < -0.3 is 10.3 Å². The van der Waals surface area contributed by atoms with Gasteiger partial charge in [0.2, 0.25) is 5.95 Å². The van der Waals surface area contributed by atoms with E-state index in [1.165, 1.54) is 6.33 Å². The van der Waals surface area contributed by atoms with Gasteiger partial charge in [-0.3, -0.25) is 4.79 Å². The van der Waals surface area contributed by atoms with Crippen LogP contribution in [0.25, 0.3) is 22.2 Å². The zero-order chi connectivity index (χ0) is 17.1. The van der Waals surface area contributed by atoms with Crippen LogP contribution in [-0.2, 0) is 6.54 Å². The zero-order valence-corrected chi connectivity index (χ0v) is 13.3. The molecule has 0 amide bonds. The first-order valence-corrected chi connectivity index (χ1v) is 7.89. The lowest BCUT2D eigenvalue weighted by atomic mass is 10.1. The Balaban J connectivity index is 1.61. The van der Waals surface area contributed by atoms with Crippen molar-refractivity contribution in [2.45, 2.75) is 6.54 Å². The average Bonchev–Trinajstić information content (AvgIpc) is 2.69. The summed E-state index contributed by atoms with van der Waals surface area (Å²) in [5.41, 5.74) is 1.81.